The molecule has 7 nitrogen and oxygen atoms in total. The van der Waals surface area contributed by atoms with E-state index in [0.29, 0.717) is 22.9 Å². The Morgan fingerprint density at radius 3 is 2.31 bits per heavy atom. The Morgan fingerprint density at radius 1 is 0.885 bits per heavy atom. The number of rotatable bonds is 5. The van der Waals surface area contributed by atoms with E-state index in [1.54, 1.807) is 36.4 Å². The summed E-state index contributed by atoms with van der Waals surface area (Å²) in [6.07, 6.45) is 2.77. The Labute approximate surface area is 149 Å². The molecule has 3 aromatic rings. The maximum Gasteiger partial charge on any atom is 0.329 e. The number of furan rings is 1. The third-order valence-corrected chi connectivity index (χ3v) is 3.20. The minimum Gasteiger partial charge on any atom is -0.463 e. The highest BCUT2D eigenvalue weighted by Gasteiger charge is 2.12. The first-order chi connectivity index (χ1) is 12.7. The fourth-order valence-electron chi connectivity index (χ4n) is 1.99. The third kappa shape index (κ3) is 4.81. The molecule has 7 heteroatoms. The van der Waals surface area contributed by atoms with Crippen molar-refractivity contribution in [3.8, 4) is 11.5 Å². The van der Waals surface area contributed by atoms with Crippen LogP contribution in [0.3, 0.4) is 0 Å². The number of amides is 2. The summed E-state index contributed by atoms with van der Waals surface area (Å²) in [5.74, 6) is 0.0511. The van der Waals surface area contributed by atoms with Crippen LogP contribution in [-0.4, -0.2) is 18.0 Å². The van der Waals surface area contributed by atoms with Gasteiger partial charge in [-0.05, 0) is 48.5 Å². The first-order valence-electron chi connectivity index (χ1n) is 7.71. The minimum absolute atomic E-state index is 0.458. The summed E-state index contributed by atoms with van der Waals surface area (Å²) in [6, 6.07) is 19.3. The maximum absolute atomic E-state index is 11.8. The third-order valence-electron chi connectivity index (χ3n) is 3.20. The highest BCUT2D eigenvalue weighted by atomic mass is 16.5. The van der Waals surface area contributed by atoms with E-state index < -0.39 is 11.8 Å². The molecule has 0 atom stereocenters. The minimum atomic E-state index is -0.891. The van der Waals surface area contributed by atoms with E-state index in [4.69, 9.17) is 9.15 Å². The van der Waals surface area contributed by atoms with Crippen LogP contribution in [0.25, 0.3) is 0 Å². The van der Waals surface area contributed by atoms with E-state index in [9.17, 15) is 9.59 Å². The molecule has 0 aliphatic heterocycles. The number of hydrazone groups is 1. The number of anilines is 1. The molecule has 0 saturated heterocycles. The average molecular weight is 349 g/mol. The molecule has 2 aromatic carbocycles. The molecule has 0 saturated carbocycles. The molecule has 0 aliphatic carbocycles. The average Bonchev–Trinajstić information content (AvgIpc) is 3.17. The molecule has 0 unspecified atom stereocenters. The quantitative estimate of drug-likeness (QED) is 0.420. The standard InChI is InChI=1S/C19H15N3O4/c23-18(19(24)22-20-13-17-7-4-12-25-17)21-14-8-10-16(11-9-14)26-15-5-2-1-3-6-15/h1-13H,(H,21,23)(H,22,24). The van der Waals surface area contributed by atoms with Gasteiger partial charge in [-0.3, -0.25) is 9.59 Å². The van der Waals surface area contributed by atoms with Crippen molar-refractivity contribution in [1.29, 1.82) is 0 Å². The summed E-state index contributed by atoms with van der Waals surface area (Å²) >= 11 is 0. The molecular weight excluding hydrogens is 334 g/mol. The largest absolute Gasteiger partial charge is 0.463 e. The first kappa shape index (κ1) is 17.0. The van der Waals surface area contributed by atoms with E-state index in [1.165, 1.54) is 12.5 Å². The predicted octanol–water partition coefficient (Wildman–Crippen LogP) is 3.16. The van der Waals surface area contributed by atoms with Gasteiger partial charge in [-0.1, -0.05) is 18.2 Å². The summed E-state index contributed by atoms with van der Waals surface area (Å²) in [6.45, 7) is 0. The smallest absolute Gasteiger partial charge is 0.329 e. The SMILES string of the molecule is O=C(NN=Cc1ccco1)C(=O)Nc1ccc(Oc2ccccc2)cc1. The van der Waals surface area contributed by atoms with Crippen molar-refractivity contribution < 1.29 is 18.7 Å². The predicted molar refractivity (Wildman–Crippen MR) is 96.0 cm³/mol. The summed E-state index contributed by atoms with van der Waals surface area (Å²) in [7, 11) is 0. The van der Waals surface area contributed by atoms with Crippen LogP contribution < -0.4 is 15.5 Å². The van der Waals surface area contributed by atoms with E-state index in [-0.39, 0.29) is 0 Å². The van der Waals surface area contributed by atoms with Gasteiger partial charge in [0.1, 0.15) is 17.3 Å². The monoisotopic (exact) mass is 349 g/mol. The van der Waals surface area contributed by atoms with Crippen molar-refractivity contribution in [1.82, 2.24) is 5.43 Å². The zero-order chi connectivity index (χ0) is 18.2. The molecule has 0 fully saturated rings. The molecule has 0 radical (unpaired) electrons. The number of nitrogens with zero attached hydrogens (tertiary/aromatic N) is 1. The summed E-state index contributed by atoms with van der Waals surface area (Å²) in [5.41, 5.74) is 2.58. The molecule has 0 aliphatic rings. The van der Waals surface area contributed by atoms with Crippen LogP contribution in [0, 0.1) is 0 Å². The number of para-hydroxylation sites is 1. The fraction of sp³-hybridized carbons (Fsp3) is 0. The molecule has 3 rings (SSSR count). The van der Waals surface area contributed by atoms with Crippen LogP contribution in [0.5, 0.6) is 11.5 Å². The van der Waals surface area contributed by atoms with Crippen molar-refractivity contribution in [2.75, 3.05) is 5.32 Å². The lowest BCUT2D eigenvalue weighted by Gasteiger charge is -2.07. The zero-order valence-corrected chi connectivity index (χ0v) is 13.6. The second-order valence-electron chi connectivity index (χ2n) is 5.11. The number of carbonyl (C=O) groups is 2. The van der Waals surface area contributed by atoms with Crippen LogP contribution in [-0.2, 0) is 9.59 Å². The Bertz CT molecular complexity index is 888. The molecule has 130 valence electrons. The van der Waals surface area contributed by atoms with Gasteiger partial charge in [0.05, 0.1) is 12.5 Å². The molecule has 2 N–H and O–H groups in total. The van der Waals surface area contributed by atoms with E-state index >= 15 is 0 Å². The summed E-state index contributed by atoms with van der Waals surface area (Å²) < 4.78 is 10.7. The second-order valence-corrected chi connectivity index (χ2v) is 5.11. The van der Waals surface area contributed by atoms with Gasteiger partial charge >= 0.3 is 11.8 Å². The van der Waals surface area contributed by atoms with Gasteiger partial charge in [0.2, 0.25) is 0 Å². The van der Waals surface area contributed by atoms with Crippen LogP contribution >= 0.6 is 0 Å². The van der Waals surface area contributed by atoms with Gasteiger partial charge in [-0.15, -0.1) is 0 Å². The van der Waals surface area contributed by atoms with Crippen molar-refractivity contribution in [3.05, 3.63) is 78.8 Å². The zero-order valence-electron chi connectivity index (χ0n) is 13.6. The molecule has 2 amide bonds. The van der Waals surface area contributed by atoms with Crippen LogP contribution in [0.4, 0.5) is 5.69 Å². The number of carbonyl (C=O) groups excluding carboxylic acids is 2. The number of hydrogen-bond donors (Lipinski definition) is 2. The van der Waals surface area contributed by atoms with Crippen LogP contribution in [0.15, 0.2) is 82.5 Å². The Balaban J connectivity index is 1.51. The number of ether oxygens (including phenoxy) is 1. The van der Waals surface area contributed by atoms with E-state index in [1.807, 2.05) is 30.3 Å². The Morgan fingerprint density at radius 2 is 1.62 bits per heavy atom. The molecule has 26 heavy (non-hydrogen) atoms. The lowest BCUT2D eigenvalue weighted by molar-refractivity contribution is -0.136. The van der Waals surface area contributed by atoms with Gasteiger partial charge in [-0.2, -0.15) is 5.10 Å². The van der Waals surface area contributed by atoms with Gasteiger partial charge in [0.25, 0.3) is 0 Å². The van der Waals surface area contributed by atoms with Crippen molar-refractivity contribution in [2.45, 2.75) is 0 Å². The maximum atomic E-state index is 11.8. The lowest BCUT2D eigenvalue weighted by atomic mass is 10.3. The normalized spacial score (nSPS) is 10.5. The Hall–Kier alpha value is -3.87. The van der Waals surface area contributed by atoms with Gasteiger partial charge in [-0.25, -0.2) is 5.43 Å². The first-order valence-corrected chi connectivity index (χ1v) is 7.71. The Kier molecular flexibility index (Phi) is 5.41. The van der Waals surface area contributed by atoms with Gasteiger partial charge in [0.15, 0.2) is 0 Å². The molecule has 1 aromatic heterocycles. The number of nitrogens with one attached hydrogen (secondary N) is 2. The second kappa shape index (κ2) is 8.29. The van der Waals surface area contributed by atoms with Gasteiger partial charge in [0, 0.05) is 5.69 Å². The van der Waals surface area contributed by atoms with Crippen LogP contribution in [0.2, 0.25) is 0 Å². The summed E-state index contributed by atoms with van der Waals surface area (Å²) in [5, 5.41) is 6.11. The molecular formula is C19H15N3O4. The molecule has 0 spiro atoms. The van der Waals surface area contributed by atoms with E-state index in [0.717, 1.165) is 0 Å². The van der Waals surface area contributed by atoms with Gasteiger partial charge < -0.3 is 14.5 Å². The number of hydrogen-bond acceptors (Lipinski definition) is 5. The fourth-order valence-corrected chi connectivity index (χ4v) is 1.99. The van der Waals surface area contributed by atoms with E-state index in [2.05, 4.69) is 15.8 Å². The highest BCUT2D eigenvalue weighted by molar-refractivity contribution is 6.39. The molecule has 1 heterocycles. The highest BCUT2D eigenvalue weighted by Crippen LogP contribution is 2.22. The van der Waals surface area contributed by atoms with Crippen molar-refractivity contribution in [3.63, 3.8) is 0 Å². The molecule has 0 bridgehead atoms. The number of benzene rings is 2. The topological polar surface area (TPSA) is 92.9 Å². The summed E-state index contributed by atoms with van der Waals surface area (Å²) in [4.78, 5) is 23.5. The lowest BCUT2D eigenvalue weighted by Crippen LogP contribution is -2.32. The van der Waals surface area contributed by atoms with Crippen LogP contribution in [0.1, 0.15) is 5.76 Å². The van der Waals surface area contributed by atoms with Crippen molar-refractivity contribution >= 4 is 23.7 Å². The van der Waals surface area contributed by atoms with Crippen molar-refractivity contribution in [2.24, 2.45) is 5.10 Å².